The van der Waals surface area contributed by atoms with Crippen molar-refractivity contribution < 1.29 is 4.79 Å². The first-order valence-electron chi connectivity index (χ1n) is 3.89. The van der Waals surface area contributed by atoms with Gasteiger partial charge in [-0.05, 0) is 12.1 Å². The van der Waals surface area contributed by atoms with Crippen molar-refractivity contribution in [3.05, 3.63) is 35.1 Å². The van der Waals surface area contributed by atoms with E-state index in [1.807, 2.05) is 0 Å². The molecule has 0 bridgehead atoms. The van der Waals surface area contributed by atoms with Gasteiger partial charge in [0.15, 0.2) is 0 Å². The van der Waals surface area contributed by atoms with Crippen molar-refractivity contribution in [1.82, 2.24) is 9.97 Å². The highest BCUT2D eigenvalue weighted by atomic mass is 35.5. The van der Waals surface area contributed by atoms with Gasteiger partial charge in [-0.2, -0.15) is 0 Å². The lowest BCUT2D eigenvalue weighted by molar-refractivity contribution is 0.100. The highest BCUT2D eigenvalue weighted by Crippen LogP contribution is 2.22. The van der Waals surface area contributed by atoms with E-state index in [-0.39, 0.29) is 0 Å². The summed E-state index contributed by atoms with van der Waals surface area (Å²) in [6.45, 7) is 0. The molecule has 1 amide bonds. The van der Waals surface area contributed by atoms with Gasteiger partial charge in [0.05, 0.1) is 10.6 Å². The standard InChI is InChI=1S/C9H6ClN3O/c10-6-2-1-5(9(11)14)7-8(6)13-4-3-12-7/h1-4H,(H2,11,14). The number of amides is 1. The second-order valence-electron chi connectivity index (χ2n) is 2.71. The number of hydrogen-bond donors (Lipinski definition) is 1. The van der Waals surface area contributed by atoms with Gasteiger partial charge >= 0.3 is 0 Å². The molecule has 0 aliphatic carbocycles. The summed E-state index contributed by atoms with van der Waals surface area (Å²) < 4.78 is 0. The van der Waals surface area contributed by atoms with Gasteiger partial charge in [0.1, 0.15) is 11.0 Å². The Labute approximate surface area is 84.7 Å². The van der Waals surface area contributed by atoms with E-state index in [1.165, 1.54) is 12.4 Å². The van der Waals surface area contributed by atoms with Crippen molar-refractivity contribution in [3.8, 4) is 0 Å². The van der Waals surface area contributed by atoms with Gasteiger partial charge in [-0.3, -0.25) is 14.8 Å². The Bertz CT molecular complexity index is 512. The number of rotatable bonds is 1. The van der Waals surface area contributed by atoms with Gasteiger partial charge in [-0.15, -0.1) is 0 Å². The SMILES string of the molecule is NC(=O)c1ccc(Cl)c2nccnc12. The molecular formula is C9H6ClN3O. The molecule has 0 spiro atoms. The fourth-order valence-electron chi connectivity index (χ4n) is 1.22. The number of aromatic nitrogens is 2. The van der Waals surface area contributed by atoms with Crippen LogP contribution >= 0.6 is 11.6 Å². The van der Waals surface area contributed by atoms with Crippen molar-refractivity contribution in [2.24, 2.45) is 5.73 Å². The fraction of sp³-hybridized carbons (Fsp3) is 0. The minimum absolute atomic E-state index is 0.331. The monoisotopic (exact) mass is 207 g/mol. The Morgan fingerprint density at radius 3 is 2.50 bits per heavy atom. The maximum Gasteiger partial charge on any atom is 0.250 e. The predicted molar refractivity (Wildman–Crippen MR) is 53.1 cm³/mol. The Morgan fingerprint density at radius 2 is 1.86 bits per heavy atom. The first-order valence-corrected chi connectivity index (χ1v) is 4.27. The van der Waals surface area contributed by atoms with Crippen molar-refractivity contribution in [2.75, 3.05) is 0 Å². The Balaban J connectivity index is 2.88. The summed E-state index contributed by atoms with van der Waals surface area (Å²) in [5, 5.41) is 0.457. The lowest BCUT2D eigenvalue weighted by Gasteiger charge is -2.01. The molecule has 14 heavy (non-hydrogen) atoms. The minimum atomic E-state index is -0.535. The molecule has 2 rings (SSSR count). The summed E-state index contributed by atoms with van der Waals surface area (Å²) >= 11 is 5.88. The van der Waals surface area contributed by atoms with E-state index in [9.17, 15) is 4.79 Å². The lowest BCUT2D eigenvalue weighted by atomic mass is 10.1. The van der Waals surface area contributed by atoms with Crippen LogP contribution in [0.25, 0.3) is 11.0 Å². The maximum absolute atomic E-state index is 11.0. The van der Waals surface area contributed by atoms with E-state index in [2.05, 4.69) is 9.97 Å². The topological polar surface area (TPSA) is 68.9 Å². The number of primary amides is 1. The van der Waals surface area contributed by atoms with Gasteiger partial charge in [-0.25, -0.2) is 0 Å². The van der Waals surface area contributed by atoms with E-state index in [0.717, 1.165) is 0 Å². The molecule has 0 saturated carbocycles. The molecular weight excluding hydrogens is 202 g/mol. The molecule has 4 nitrogen and oxygen atoms in total. The molecule has 0 aliphatic rings. The van der Waals surface area contributed by atoms with Crippen LogP contribution in [0, 0.1) is 0 Å². The zero-order valence-electron chi connectivity index (χ0n) is 7.07. The van der Waals surface area contributed by atoms with Crippen LogP contribution in [0.15, 0.2) is 24.5 Å². The normalized spacial score (nSPS) is 10.4. The fourth-order valence-corrected chi connectivity index (χ4v) is 1.42. The smallest absolute Gasteiger partial charge is 0.250 e. The van der Waals surface area contributed by atoms with Gasteiger partial charge < -0.3 is 5.73 Å². The van der Waals surface area contributed by atoms with Crippen LogP contribution < -0.4 is 5.73 Å². The number of carbonyl (C=O) groups is 1. The molecule has 1 heterocycles. The summed E-state index contributed by atoms with van der Waals surface area (Å²) in [6, 6.07) is 3.13. The summed E-state index contributed by atoms with van der Waals surface area (Å²) in [5.41, 5.74) is 6.44. The minimum Gasteiger partial charge on any atom is -0.366 e. The highest BCUT2D eigenvalue weighted by Gasteiger charge is 2.10. The number of carbonyl (C=O) groups excluding carboxylic acids is 1. The molecule has 0 aliphatic heterocycles. The van der Waals surface area contributed by atoms with E-state index >= 15 is 0 Å². The molecule has 0 atom stereocenters. The first kappa shape index (κ1) is 8.90. The Morgan fingerprint density at radius 1 is 1.21 bits per heavy atom. The maximum atomic E-state index is 11.0. The van der Waals surface area contributed by atoms with Crippen molar-refractivity contribution >= 4 is 28.5 Å². The van der Waals surface area contributed by atoms with Crippen LogP contribution in [-0.4, -0.2) is 15.9 Å². The quantitative estimate of drug-likeness (QED) is 0.768. The number of nitrogens with two attached hydrogens (primary N) is 1. The molecule has 0 radical (unpaired) electrons. The lowest BCUT2D eigenvalue weighted by Crippen LogP contribution is -2.12. The summed E-state index contributed by atoms with van der Waals surface area (Å²) in [7, 11) is 0. The average molecular weight is 208 g/mol. The second-order valence-corrected chi connectivity index (χ2v) is 3.12. The zero-order chi connectivity index (χ0) is 10.1. The van der Waals surface area contributed by atoms with Crippen LogP contribution in [0.3, 0.4) is 0 Å². The van der Waals surface area contributed by atoms with Crippen LogP contribution in [0.5, 0.6) is 0 Å². The van der Waals surface area contributed by atoms with Gasteiger partial charge in [0, 0.05) is 12.4 Å². The number of fused-ring (bicyclic) bond motifs is 1. The van der Waals surface area contributed by atoms with Crippen molar-refractivity contribution in [3.63, 3.8) is 0 Å². The molecule has 2 N–H and O–H groups in total. The average Bonchev–Trinajstić information content (AvgIpc) is 2.18. The van der Waals surface area contributed by atoms with E-state index in [4.69, 9.17) is 17.3 Å². The first-order chi connectivity index (χ1) is 6.70. The predicted octanol–water partition coefficient (Wildman–Crippen LogP) is 1.38. The molecule has 1 aromatic carbocycles. The van der Waals surface area contributed by atoms with E-state index in [0.29, 0.717) is 21.6 Å². The molecule has 0 unspecified atom stereocenters. The molecule has 0 fully saturated rings. The van der Waals surface area contributed by atoms with Crippen molar-refractivity contribution in [2.45, 2.75) is 0 Å². The number of benzene rings is 1. The molecule has 0 saturated heterocycles. The number of nitrogens with zero attached hydrogens (tertiary/aromatic N) is 2. The van der Waals surface area contributed by atoms with Gasteiger partial charge in [-0.1, -0.05) is 11.6 Å². The van der Waals surface area contributed by atoms with Gasteiger partial charge in [0.2, 0.25) is 0 Å². The zero-order valence-corrected chi connectivity index (χ0v) is 7.82. The Hall–Kier alpha value is -1.68. The van der Waals surface area contributed by atoms with Crippen LogP contribution in [0.4, 0.5) is 0 Å². The molecule has 70 valence electrons. The second kappa shape index (κ2) is 3.23. The largest absolute Gasteiger partial charge is 0.366 e. The third-order valence-corrected chi connectivity index (χ3v) is 2.15. The van der Waals surface area contributed by atoms with Crippen LogP contribution in [0.2, 0.25) is 5.02 Å². The highest BCUT2D eigenvalue weighted by molar-refractivity contribution is 6.35. The van der Waals surface area contributed by atoms with E-state index in [1.54, 1.807) is 12.1 Å². The third-order valence-electron chi connectivity index (χ3n) is 1.84. The summed E-state index contributed by atoms with van der Waals surface area (Å²) in [5.74, 6) is -0.535. The number of halogens is 1. The molecule has 5 heteroatoms. The van der Waals surface area contributed by atoms with Crippen LogP contribution in [-0.2, 0) is 0 Å². The molecule has 1 aromatic heterocycles. The molecule has 2 aromatic rings. The van der Waals surface area contributed by atoms with E-state index < -0.39 is 5.91 Å². The van der Waals surface area contributed by atoms with Crippen LogP contribution in [0.1, 0.15) is 10.4 Å². The number of hydrogen-bond acceptors (Lipinski definition) is 3. The van der Waals surface area contributed by atoms with Gasteiger partial charge in [0.25, 0.3) is 5.91 Å². The summed E-state index contributed by atoms with van der Waals surface area (Å²) in [4.78, 5) is 19.1. The Kier molecular flexibility index (Phi) is 2.05. The third kappa shape index (κ3) is 1.29. The summed E-state index contributed by atoms with van der Waals surface area (Å²) in [6.07, 6.45) is 3.00. The van der Waals surface area contributed by atoms with Crippen molar-refractivity contribution in [1.29, 1.82) is 0 Å².